The fourth-order valence-electron chi connectivity index (χ4n) is 3.53. The number of amides is 2. The Kier molecular flexibility index (Phi) is 6.91. The Morgan fingerprint density at radius 3 is 2.31 bits per heavy atom. The van der Waals surface area contributed by atoms with Crippen LogP contribution in [0.4, 0.5) is 11.4 Å². The summed E-state index contributed by atoms with van der Waals surface area (Å²) in [4.78, 5) is 27.8. The SMILES string of the molecule is CCc1ccc(C(=O)Nc2ccc(N3CCCC3)c(C(=O)N[C@@H](C)CC)c2)cc1. The van der Waals surface area contributed by atoms with Crippen LogP contribution in [0.5, 0.6) is 0 Å². The molecule has 0 aliphatic carbocycles. The number of hydrogen-bond donors (Lipinski definition) is 2. The van der Waals surface area contributed by atoms with Crippen LogP contribution in [0, 0.1) is 0 Å². The molecule has 0 saturated carbocycles. The van der Waals surface area contributed by atoms with Crippen molar-refractivity contribution >= 4 is 23.2 Å². The molecular weight excluding hydrogens is 362 g/mol. The molecule has 0 spiro atoms. The number of carbonyl (C=O) groups is 2. The highest BCUT2D eigenvalue weighted by molar-refractivity contribution is 6.06. The van der Waals surface area contributed by atoms with E-state index in [9.17, 15) is 9.59 Å². The molecule has 0 radical (unpaired) electrons. The summed E-state index contributed by atoms with van der Waals surface area (Å²) in [6, 6.07) is 13.3. The first-order chi connectivity index (χ1) is 14.0. The summed E-state index contributed by atoms with van der Waals surface area (Å²) in [6.45, 7) is 8.05. The molecule has 1 atom stereocenters. The molecule has 0 bridgehead atoms. The number of carbonyl (C=O) groups excluding carboxylic acids is 2. The third-order valence-electron chi connectivity index (χ3n) is 5.56. The maximum atomic E-state index is 12.9. The molecule has 5 nitrogen and oxygen atoms in total. The predicted molar refractivity (Wildman–Crippen MR) is 119 cm³/mol. The molecule has 3 rings (SSSR count). The van der Waals surface area contributed by atoms with E-state index >= 15 is 0 Å². The highest BCUT2D eigenvalue weighted by Gasteiger charge is 2.21. The van der Waals surface area contributed by atoms with Gasteiger partial charge in [-0.15, -0.1) is 0 Å². The van der Waals surface area contributed by atoms with Gasteiger partial charge >= 0.3 is 0 Å². The van der Waals surface area contributed by atoms with Crippen LogP contribution in [0.25, 0.3) is 0 Å². The van der Waals surface area contributed by atoms with Gasteiger partial charge in [-0.1, -0.05) is 26.0 Å². The van der Waals surface area contributed by atoms with Crippen molar-refractivity contribution < 1.29 is 9.59 Å². The lowest BCUT2D eigenvalue weighted by Crippen LogP contribution is -2.33. The molecule has 1 aliphatic rings. The lowest BCUT2D eigenvalue weighted by Gasteiger charge is -2.23. The summed E-state index contributed by atoms with van der Waals surface area (Å²) in [5.41, 5.74) is 3.99. The second-order valence-corrected chi connectivity index (χ2v) is 7.71. The first-order valence-corrected chi connectivity index (χ1v) is 10.6. The van der Waals surface area contributed by atoms with Crippen molar-refractivity contribution in [1.82, 2.24) is 5.32 Å². The summed E-state index contributed by atoms with van der Waals surface area (Å²) in [7, 11) is 0. The van der Waals surface area contributed by atoms with Gasteiger partial charge in [0.1, 0.15) is 0 Å². The molecule has 154 valence electrons. The van der Waals surface area contributed by atoms with Gasteiger partial charge in [-0.3, -0.25) is 9.59 Å². The summed E-state index contributed by atoms with van der Waals surface area (Å²) in [5.74, 6) is -0.264. The maximum Gasteiger partial charge on any atom is 0.255 e. The summed E-state index contributed by atoms with van der Waals surface area (Å²) >= 11 is 0. The van der Waals surface area contributed by atoms with E-state index in [-0.39, 0.29) is 17.9 Å². The number of anilines is 2. The van der Waals surface area contributed by atoms with Gasteiger partial charge in [-0.25, -0.2) is 0 Å². The van der Waals surface area contributed by atoms with E-state index in [2.05, 4.69) is 22.5 Å². The molecule has 1 fully saturated rings. The normalized spacial score (nSPS) is 14.5. The Morgan fingerprint density at radius 2 is 1.69 bits per heavy atom. The smallest absolute Gasteiger partial charge is 0.255 e. The number of nitrogens with zero attached hydrogens (tertiary/aromatic N) is 1. The van der Waals surface area contributed by atoms with Crippen molar-refractivity contribution in [2.24, 2.45) is 0 Å². The zero-order valence-electron chi connectivity index (χ0n) is 17.6. The summed E-state index contributed by atoms with van der Waals surface area (Å²) in [5, 5.41) is 5.99. The average Bonchev–Trinajstić information content (AvgIpc) is 3.28. The van der Waals surface area contributed by atoms with Crippen LogP contribution in [-0.4, -0.2) is 30.9 Å². The molecule has 2 aromatic rings. The third-order valence-corrected chi connectivity index (χ3v) is 5.56. The van der Waals surface area contributed by atoms with Gasteiger partial charge in [-0.05, 0) is 68.5 Å². The van der Waals surface area contributed by atoms with E-state index in [1.807, 2.05) is 50.2 Å². The molecule has 5 heteroatoms. The Morgan fingerprint density at radius 1 is 1.00 bits per heavy atom. The van der Waals surface area contributed by atoms with Crippen molar-refractivity contribution in [3.05, 3.63) is 59.2 Å². The van der Waals surface area contributed by atoms with Crippen LogP contribution in [-0.2, 0) is 6.42 Å². The van der Waals surface area contributed by atoms with Gasteiger partial charge in [0, 0.05) is 36.1 Å². The first-order valence-electron chi connectivity index (χ1n) is 10.6. The van der Waals surface area contributed by atoms with Crippen molar-refractivity contribution in [3.63, 3.8) is 0 Å². The van der Waals surface area contributed by atoms with Crippen molar-refractivity contribution in [2.45, 2.75) is 52.5 Å². The van der Waals surface area contributed by atoms with Crippen LogP contribution in [0.2, 0.25) is 0 Å². The van der Waals surface area contributed by atoms with Crippen LogP contribution in [0.1, 0.15) is 66.3 Å². The van der Waals surface area contributed by atoms with Gasteiger partial charge in [0.2, 0.25) is 0 Å². The number of nitrogens with one attached hydrogen (secondary N) is 2. The van der Waals surface area contributed by atoms with E-state index in [0.29, 0.717) is 16.8 Å². The predicted octanol–water partition coefficient (Wildman–Crippen LogP) is 4.63. The second-order valence-electron chi connectivity index (χ2n) is 7.71. The highest BCUT2D eigenvalue weighted by atomic mass is 16.2. The monoisotopic (exact) mass is 393 g/mol. The summed E-state index contributed by atoms with van der Waals surface area (Å²) in [6.07, 6.45) is 4.08. The summed E-state index contributed by atoms with van der Waals surface area (Å²) < 4.78 is 0. The van der Waals surface area contributed by atoms with Crippen molar-refractivity contribution in [2.75, 3.05) is 23.3 Å². The average molecular weight is 394 g/mol. The highest BCUT2D eigenvalue weighted by Crippen LogP contribution is 2.28. The fraction of sp³-hybridized carbons (Fsp3) is 0.417. The largest absolute Gasteiger partial charge is 0.371 e. The molecule has 2 amide bonds. The van der Waals surface area contributed by atoms with Gasteiger partial charge in [0.15, 0.2) is 0 Å². The Bertz CT molecular complexity index is 855. The van der Waals surface area contributed by atoms with Gasteiger partial charge < -0.3 is 15.5 Å². The minimum absolute atomic E-state index is 0.0929. The van der Waals surface area contributed by atoms with Crippen molar-refractivity contribution in [1.29, 1.82) is 0 Å². The Labute approximate surface area is 173 Å². The number of benzene rings is 2. The van der Waals surface area contributed by atoms with Crippen LogP contribution < -0.4 is 15.5 Å². The lowest BCUT2D eigenvalue weighted by atomic mass is 10.1. The van der Waals surface area contributed by atoms with Gasteiger partial charge in [0.05, 0.1) is 5.56 Å². The maximum absolute atomic E-state index is 12.9. The van der Waals surface area contributed by atoms with E-state index in [1.54, 1.807) is 6.07 Å². The quantitative estimate of drug-likeness (QED) is 0.721. The second kappa shape index (κ2) is 9.59. The van der Waals surface area contributed by atoms with Gasteiger partial charge in [-0.2, -0.15) is 0 Å². The molecule has 1 heterocycles. The zero-order valence-corrected chi connectivity index (χ0v) is 17.6. The Hall–Kier alpha value is -2.82. The van der Waals surface area contributed by atoms with Crippen LogP contribution in [0.3, 0.4) is 0 Å². The zero-order chi connectivity index (χ0) is 20.8. The number of hydrogen-bond acceptors (Lipinski definition) is 3. The Balaban J connectivity index is 1.84. The topological polar surface area (TPSA) is 61.4 Å². The van der Waals surface area contributed by atoms with Crippen LogP contribution in [0.15, 0.2) is 42.5 Å². The number of rotatable bonds is 7. The molecule has 0 unspecified atom stereocenters. The van der Waals surface area contributed by atoms with Gasteiger partial charge in [0.25, 0.3) is 11.8 Å². The first kappa shape index (κ1) is 20.9. The molecule has 29 heavy (non-hydrogen) atoms. The molecule has 2 aromatic carbocycles. The molecular formula is C24H31N3O2. The minimum atomic E-state index is -0.171. The minimum Gasteiger partial charge on any atom is -0.371 e. The van der Waals surface area contributed by atoms with E-state index in [4.69, 9.17) is 0 Å². The third kappa shape index (κ3) is 5.17. The molecule has 1 saturated heterocycles. The fourth-order valence-corrected chi connectivity index (χ4v) is 3.53. The van der Waals surface area contributed by atoms with Crippen LogP contribution >= 0.6 is 0 Å². The molecule has 2 N–H and O–H groups in total. The van der Waals surface area contributed by atoms with E-state index in [1.165, 1.54) is 5.56 Å². The van der Waals surface area contributed by atoms with E-state index < -0.39 is 0 Å². The van der Waals surface area contributed by atoms with Crippen molar-refractivity contribution in [3.8, 4) is 0 Å². The van der Waals surface area contributed by atoms with E-state index in [0.717, 1.165) is 44.5 Å². The number of aryl methyl sites for hydroxylation is 1. The standard InChI is InChI=1S/C24H31N3O2/c1-4-17(3)25-24(29)21-16-20(12-13-22(21)27-14-6-7-15-27)26-23(28)19-10-8-18(5-2)9-11-19/h8-13,16-17H,4-7,14-15H2,1-3H3,(H,25,29)(H,26,28)/t17-/m0/s1. The lowest BCUT2D eigenvalue weighted by molar-refractivity contribution is 0.0938. The molecule has 0 aromatic heterocycles. The molecule has 1 aliphatic heterocycles.